The third-order valence-electron chi connectivity index (χ3n) is 5.11. The van der Waals surface area contributed by atoms with Crippen LogP contribution in [0.2, 0.25) is 5.02 Å². The Kier molecular flexibility index (Phi) is 7.94. The van der Waals surface area contributed by atoms with Crippen LogP contribution >= 0.6 is 11.6 Å². The van der Waals surface area contributed by atoms with Gasteiger partial charge in [0.15, 0.2) is 11.5 Å². The Bertz CT molecular complexity index is 819. The number of carbonyl (C=O) groups excluding carboxylic acids is 1. The zero-order valence-corrected chi connectivity index (χ0v) is 18.8. The molecule has 29 heavy (non-hydrogen) atoms. The molecule has 1 N–H and O–H groups in total. The van der Waals surface area contributed by atoms with Crippen molar-refractivity contribution in [2.45, 2.75) is 25.2 Å². The fourth-order valence-corrected chi connectivity index (χ4v) is 3.38. The van der Waals surface area contributed by atoms with E-state index in [4.69, 9.17) is 21.1 Å². The van der Waals surface area contributed by atoms with Crippen LogP contribution in [0.1, 0.15) is 30.9 Å². The maximum absolute atomic E-state index is 13.1. The van der Waals surface area contributed by atoms with Crippen LogP contribution in [0.25, 0.3) is 0 Å². The fourth-order valence-electron chi connectivity index (χ4n) is 3.26. The minimum Gasteiger partial charge on any atom is -0.493 e. The number of nitrogens with zero attached hydrogens (tertiary/aromatic N) is 1. The van der Waals surface area contributed by atoms with E-state index >= 15 is 0 Å². The Hall–Kier alpha value is -2.24. The van der Waals surface area contributed by atoms with Crippen LogP contribution in [0, 0.1) is 0 Å². The number of nitrogens with one attached hydrogen (secondary N) is 1. The highest BCUT2D eigenvalue weighted by molar-refractivity contribution is 6.30. The largest absolute Gasteiger partial charge is 0.493 e. The van der Waals surface area contributed by atoms with Gasteiger partial charge in [0, 0.05) is 24.0 Å². The molecule has 2 aromatic carbocycles. The Morgan fingerprint density at radius 1 is 1.07 bits per heavy atom. The molecule has 0 spiro atoms. The lowest BCUT2D eigenvalue weighted by Gasteiger charge is -2.28. The van der Waals surface area contributed by atoms with Gasteiger partial charge in [-0.3, -0.25) is 4.79 Å². The summed E-state index contributed by atoms with van der Waals surface area (Å²) in [5.41, 5.74) is 1.29. The first kappa shape index (κ1) is 23.0. The number of halogens is 1. The predicted molar refractivity (Wildman–Crippen MR) is 118 cm³/mol. The number of ether oxygens (including phenoxy) is 2. The highest BCUT2D eigenvalue weighted by Crippen LogP contribution is 2.33. The molecule has 0 radical (unpaired) electrons. The highest BCUT2D eigenvalue weighted by Gasteiger charge is 2.31. The van der Waals surface area contributed by atoms with Crippen molar-refractivity contribution in [1.29, 1.82) is 0 Å². The number of methoxy groups -OCH3 is 2. The van der Waals surface area contributed by atoms with Crippen molar-refractivity contribution in [2.75, 3.05) is 41.4 Å². The van der Waals surface area contributed by atoms with Crippen LogP contribution in [0.5, 0.6) is 11.5 Å². The number of carbonyl (C=O) groups is 1. The Labute approximate surface area is 179 Å². The first-order chi connectivity index (χ1) is 13.7. The molecule has 0 bridgehead atoms. The summed E-state index contributed by atoms with van der Waals surface area (Å²) in [6.45, 7) is 5.17. The van der Waals surface area contributed by atoms with Crippen LogP contribution in [-0.2, 0) is 10.2 Å². The van der Waals surface area contributed by atoms with Gasteiger partial charge in [0.1, 0.15) is 0 Å². The van der Waals surface area contributed by atoms with E-state index in [1.165, 1.54) is 0 Å². The third-order valence-corrected chi connectivity index (χ3v) is 5.36. The van der Waals surface area contributed by atoms with Gasteiger partial charge in [-0.05, 0) is 63.3 Å². The van der Waals surface area contributed by atoms with Gasteiger partial charge in [0.25, 0.3) is 0 Å². The molecule has 1 atom stereocenters. The number of amides is 1. The minimum absolute atomic E-state index is 0.0394. The van der Waals surface area contributed by atoms with Crippen molar-refractivity contribution in [1.82, 2.24) is 10.2 Å². The zero-order chi connectivity index (χ0) is 21.6. The summed E-state index contributed by atoms with van der Waals surface area (Å²) in [5, 5.41) is 3.84. The van der Waals surface area contributed by atoms with Gasteiger partial charge in [-0.1, -0.05) is 29.8 Å². The van der Waals surface area contributed by atoms with Gasteiger partial charge in [-0.25, -0.2) is 0 Å². The van der Waals surface area contributed by atoms with Crippen molar-refractivity contribution in [3.63, 3.8) is 0 Å². The van der Waals surface area contributed by atoms with Crippen molar-refractivity contribution in [2.24, 2.45) is 0 Å². The topological polar surface area (TPSA) is 50.8 Å². The lowest BCUT2D eigenvalue weighted by molar-refractivity contribution is -0.125. The summed E-state index contributed by atoms with van der Waals surface area (Å²) in [5.74, 6) is 1.37. The van der Waals surface area contributed by atoms with E-state index in [0.29, 0.717) is 23.1 Å². The summed E-state index contributed by atoms with van der Waals surface area (Å²) in [6, 6.07) is 13.4. The normalized spacial score (nSPS) is 12.6. The van der Waals surface area contributed by atoms with Gasteiger partial charge in [0.2, 0.25) is 5.91 Å². The Balaban J connectivity index is 2.16. The first-order valence-corrected chi connectivity index (χ1v) is 9.97. The monoisotopic (exact) mass is 418 g/mol. The summed E-state index contributed by atoms with van der Waals surface area (Å²) >= 11 is 6.02. The SMILES string of the molecule is COc1ccc(C(C)(C)C(=O)NC[C@@H](CN(C)C)c2ccc(Cl)cc2)cc1OC. The average Bonchev–Trinajstić information content (AvgIpc) is 2.70. The molecule has 5 nitrogen and oxygen atoms in total. The quantitative estimate of drug-likeness (QED) is 0.666. The van der Waals surface area contributed by atoms with Crippen LogP contribution < -0.4 is 14.8 Å². The molecular formula is C23H31ClN2O3. The van der Waals surface area contributed by atoms with Crippen LogP contribution in [0.3, 0.4) is 0 Å². The second kappa shape index (κ2) is 9.99. The van der Waals surface area contributed by atoms with Crippen LogP contribution in [-0.4, -0.2) is 52.2 Å². The molecule has 0 fully saturated rings. The van der Waals surface area contributed by atoms with Crippen LogP contribution in [0.15, 0.2) is 42.5 Å². The molecule has 0 aliphatic carbocycles. The van der Waals surface area contributed by atoms with E-state index in [2.05, 4.69) is 10.2 Å². The molecule has 0 aliphatic heterocycles. The smallest absolute Gasteiger partial charge is 0.230 e. The fraction of sp³-hybridized carbons (Fsp3) is 0.435. The van der Waals surface area contributed by atoms with Crippen molar-refractivity contribution in [3.8, 4) is 11.5 Å². The van der Waals surface area contributed by atoms with Gasteiger partial charge in [-0.15, -0.1) is 0 Å². The van der Waals surface area contributed by atoms with Crippen molar-refractivity contribution >= 4 is 17.5 Å². The first-order valence-electron chi connectivity index (χ1n) is 9.60. The molecule has 1 amide bonds. The molecule has 0 aliphatic rings. The zero-order valence-electron chi connectivity index (χ0n) is 18.1. The van der Waals surface area contributed by atoms with Crippen LogP contribution in [0.4, 0.5) is 0 Å². The second-order valence-electron chi connectivity index (χ2n) is 7.92. The summed E-state index contributed by atoms with van der Waals surface area (Å²) in [6.07, 6.45) is 0. The second-order valence-corrected chi connectivity index (χ2v) is 8.35. The Morgan fingerprint density at radius 2 is 1.69 bits per heavy atom. The van der Waals surface area contributed by atoms with E-state index in [-0.39, 0.29) is 11.8 Å². The minimum atomic E-state index is -0.720. The molecule has 2 rings (SSSR count). The van der Waals surface area contributed by atoms with Crippen molar-refractivity contribution in [3.05, 3.63) is 58.6 Å². The number of likely N-dealkylation sites (N-methyl/N-ethyl adjacent to an activating group) is 1. The maximum Gasteiger partial charge on any atom is 0.230 e. The van der Waals surface area contributed by atoms with E-state index in [0.717, 1.165) is 17.7 Å². The number of rotatable bonds is 9. The molecule has 0 aromatic heterocycles. The van der Waals surface area contributed by atoms with E-state index in [1.54, 1.807) is 14.2 Å². The molecule has 0 saturated heterocycles. The summed E-state index contributed by atoms with van der Waals surface area (Å²) in [4.78, 5) is 15.2. The van der Waals surface area contributed by atoms with Gasteiger partial charge in [0.05, 0.1) is 19.6 Å². The predicted octanol–water partition coefficient (Wildman–Crippen LogP) is 4.10. The average molecular weight is 419 g/mol. The van der Waals surface area contributed by atoms with E-state index < -0.39 is 5.41 Å². The molecule has 6 heteroatoms. The maximum atomic E-state index is 13.1. The standard InChI is InChI=1S/C23H31ClN2O3/c1-23(2,18-9-12-20(28-5)21(13-18)29-6)22(27)25-14-17(15-26(3)4)16-7-10-19(24)11-8-16/h7-13,17H,14-15H2,1-6H3,(H,25,27)/t17-/m0/s1. The van der Waals surface area contributed by atoms with E-state index in [9.17, 15) is 4.79 Å². The lowest BCUT2D eigenvalue weighted by atomic mass is 9.83. The molecule has 158 valence electrons. The summed E-state index contributed by atoms with van der Waals surface area (Å²) < 4.78 is 10.7. The lowest BCUT2D eigenvalue weighted by Crippen LogP contribution is -2.42. The van der Waals surface area contributed by atoms with Gasteiger partial charge < -0.3 is 19.7 Å². The number of hydrogen-bond acceptors (Lipinski definition) is 4. The van der Waals surface area contributed by atoms with Gasteiger partial charge >= 0.3 is 0 Å². The van der Waals surface area contributed by atoms with Crippen molar-refractivity contribution < 1.29 is 14.3 Å². The molecular weight excluding hydrogens is 388 g/mol. The Morgan fingerprint density at radius 3 is 2.24 bits per heavy atom. The molecule has 0 saturated carbocycles. The van der Waals surface area contributed by atoms with Gasteiger partial charge in [-0.2, -0.15) is 0 Å². The third kappa shape index (κ3) is 5.87. The summed E-state index contributed by atoms with van der Waals surface area (Å²) in [7, 11) is 7.24. The number of benzene rings is 2. The van der Waals surface area contributed by atoms with E-state index in [1.807, 2.05) is 70.4 Å². The molecule has 2 aromatic rings. The molecule has 0 unspecified atom stereocenters. The number of hydrogen-bond donors (Lipinski definition) is 1. The molecule has 0 heterocycles. The highest BCUT2D eigenvalue weighted by atomic mass is 35.5.